The van der Waals surface area contributed by atoms with E-state index < -0.39 is 12.2 Å². The van der Waals surface area contributed by atoms with Crippen LogP contribution in [0.5, 0.6) is 11.5 Å². The molecule has 1 amide bonds. The van der Waals surface area contributed by atoms with E-state index in [1.54, 1.807) is 5.38 Å². The summed E-state index contributed by atoms with van der Waals surface area (Å²) in [4.78, 5) is 25.9. The fraction of sp³-hybridized carbons (Fsp3) is 0.312. The van der Waals surface area contributed by atoms with Gasteiger partial charge < -0.3 is 24.1 Å². The molecule has 1 fully saturated rings. The summed E-state index contributed by atoms with van der Waals surface area (Å²) in [6.07, 6.45) is -3.69. The Balaban J connectivity index is 1.33. The molecule has 12 heteroatoms. The molecule has 1 aromatic carbocycles. The van der Waals surface area contributed by atoms with Gasteiger partial charge in [0.25, 0.3) is 5.91 Å². The molecular formula is C16H13F2N5O4S. The summed E-state index contributed by atoms with van der Waals surface area (Å²) < 4.78 is 40.4. The van der Waals surface area contributed by atoms with E-state index >= 15 is 0 Å². The van der Waals surface area contributed by atoms with Crippen LogP contribution in [-0.2, 0) is 4.74 Å². The van der Waals surface area contributed by atoms with E-state index in [4.69, 9.17) is 4.74 Å². The number of aromatic nitrogens is 3. The number of carbonyl (C=O) groups excluding carboxylic acids is 1. The van der Waals surface area contributed by atoms with Crippen LogP contribution >= 0.6 is 11.3 Å². The van der Waals surface area contributed by atoms with Gasteiger partial charge in [0, 0.05) is 30.6 Å². The first-order valence-corrected chi connectivity index (χ1v) is 9.24. The average molecular weight is 409 g/mol. The molecule has 2 N–H and O–H groups in total. The maximum atomic E-state index is 13.1. The second kappa shape index (κ2) is 6.27. The summed E-state index contributed by atoms with van der Waals surface area (Å²) >= 11 is 1.38. The maximum absolute atomic E-state index is 13.1. The van der Waals surface area contributed by atoms with Crippen LogP contribution in [0.15, 0.2) is 17.5 Å². The number of morpholine rings is 1. The monoisotopic (exact) mass is 409 g/mol. The molecule has 0 unspecified atom stereocenters. The Morgan fingerprint density at radius 3 is 2.75 bits per heavy atom. The summed E-state index contributed by atoms with van der Waals surface area (Å²) in [7, 11) is 0. The van der Waals surface area contributed by atoms with Crippen molar-refractivity contribution in [3.8, 4) is 11.5 Å². The largest absolute Gasteiger partial charge is 0.586 e. The van der Waals surface area contributed by atoms with Crippen molar-refractivity contribution in [2.24, 2.45) is 0 Å². The minimum absolute atomic E-state index is 0.103. The number of rotatable bonds is 3. The lowest BCUT2D eigenvalue weighted by Crippen LogP contribution is -2.36. The van der Waals surface area contributed by atoms with Gasteiger partial charge in [-0.1, -0.05) is 0 Å². The number of nitrogens with zero attached hydrogens (tertiary/aromatic N) is 3. The van der Waals surface area contributed by atoms with Crippen molar-refractivity contribution in [1.82, 2.24) is 15.0 Å². The first kappa shape index (κ1) is 17.1. The lowest BCUT2D eigenvalue weighted by atomic mass is 10.3. The standard InChI is InChI=1S/C16H13F2N5O4S/c17-16(18)26-11-5-8-9(6-12(11)27-16)20-14(19-8)22-13(24)10-7-28-15(21-10)23-1-3-25-4-2-23/h5-7H,1-4H2,(H2,19,20,22,24). The van der Waals surface area contributed by atoms with Crippen LogP contribution in [0, 0.1) is 0 Å². The highest BCUT2D eigenvalue weighted by molar-refractivity contribution is 7.14. The molecule has 2 aromatic heterocycles. The van der Waals surface area contributed by atoms with E-state index in [1.807, 2.05) is 0 Å². The van der Waals surface area contributed by atoms with Crippen LogP contribution in [0.1, 0.15) is 10.5 Å². The zero-order chi connectivity index (χ0) is 19.3. The van der Waals surface area contributed by atoms with E-state index in [9.17, 15) is 13.6 Å². The number of H-pyrrole nitrogens is 1. The molecule has 146 valence electrons. The number of thiazole rings is 1. The Hall–Kier alpha value is -2.99. The molecule has 4 heterocycles. The summed E-state index contributed by atoms with van der Waals surface area (Å²) in [5.74, 6) is -0.483. The molecule has 0 saturated carbocycles. The zero-order valence-electron chi connectivity index (χ0n) is 14.2. The third-order valence-corrected chi connectivity index (χ3v) is 5.14. The molecule has 28 heavy (non-hydrogen) atoms. The number of nitrogens with one attached hydrogen (secondary N) is 2. The molecule has 0 bridgehead atoms. The van der Waals surface area contributed by atoms with Gasteiger partial charge in [-0.25, -0.2) is 9.97 Å². The minimum Gasteiger partial charge on any atom is -0.395 e. The molecule has 9 nitrogen and oxygen atoms in total. The van der Waals surface area contributed by atoms with Gasteiger partial charge >= 0.3 is 6.29 Å². The van der Waals surface area contributed by atoms with Crippen molar-refractivity contribution < 1.29 is 27.8 Å². The minimum atomic E-state index is -3.69. The van der Waals surface area contributed by atoms with Crippen molar-refractivity contribution in [2.45, 2.75) is 6.29 Å². The summed E-state index contributed by atoms with van der Waals surface area (Å²) in [6, 6.07) is 2.66. The Kier molecular flexibility index (Phi) is 3.84. The van der Waals surface area contributed by atoms with Gasteiger partial charge in [-0.3, -0.25) is 10.1 Å². The highest BCUT2D eigenvalue weighted by Crippen LogP contribution is 2.42. The van der Waals surface area contributed by atoms with E-state index in [0.29, 0.717) is 24.2 Å². The van der Waals surface area contributed by atoms with Crippen LogP contribution in [0.2, 0.25) is 0 Å². The normalized spacial score (nSPS) is 17.9. The van der Waals surface area contributed by atoms with Gasteiger partial charge in [0.05, 0.1) is 24.2 Å². The molecule has 0 aliphatic carbocycles. The number of imidazole rings is 1. The Labute approximate surface area is 160 Å². The second-order valence-electron chi connectivity index (χ2n) is 6.14. The molecule has 1 saturated heterocycles. The van der Waals surface area contributed by atoms with Gasteiger partial charge in [0.1, 0.15) is 5.69 Å². The molecule has 2 aliphatic rings. The number of hydrogen-bond acceptors (Lipinski definition) is 8. The van der Waals surface area contributed by atoms with E-state index in [1.165, 1.54) is 23.5 Å². The molecule has 0 spiro atoms. The average Bonchev–Trinajstić information content (AvgIpc) is 3.35. The van der Waals surface area contributed by atoms with Gasteiger partial charge in [-0.2, -0.15) is 0 Å². The fourth-order valence-corrected chi connectivity index (χ4v) is 3.81. The van der Waals surface area contributed by atoms with Gasteiger partial charge in [-0.05, 0) is 0 Å². The zero-order valence-corrected chi connectivity index (χ0v) is 15.0. The van der Waals surface area contributed by atoms with Crippen LogP contribution in [0.3, 0.4) is 0 Å². The molecule has 5 rings (SSSR count). The van der Waals surface area contributed by atoms with E-state index in [0.717, 1.165) is 18.2 Å². The van der Waals surface area contributed by atoms with Crippen molar-refractivity contribution in [3.63, 3.8) is 0 Å². The van der Waals surface area contributed by atoms with Crippen LogP contribution in [-0.4, -0.2) is 53.5 Å². The SMILES string of the molecule is O=C(Nc1nc2cc3c(cc2[nH]1)OC(F)(F)O3)c1csc(N2CCOCC2)n1. The maximum Gasteiger partial charge on any atom is 0.586 e. The lowest BCUT2D eigenvalue weighted by Gasteiger charge is -2.25. The Bertz CT molecular complexity index is 1020. The van der Waals surface area contributed by atoms with Gasteiger partial charge in [-0.15, -0.1) is 20.1 Å². The number of fused-ring (bicyclic) bond motifs is 2. The first-order chi connectivity index (χ1) is 13.5. The number of halogens is 2. The number of alkyl halides is 2. The number of anilines is 2. The second-order valence-corrected chi connectivity index (χ2v) is 6.97. The predicted octanol–water partition coefficient (Wildman–Crippen LogP) is 2.43. The topological polar surface area (TPSA) is 102 Å². The van der Waals surface area contributed by atoms with Gasteiger partial charge in [0.2, 0.25) is 5.95 Å². The third kappa shape index (κ3) is 3.10. The number of carbonyl (C=O) groups is 1. The fourth-order valence-electron chi connectivity index (χ4n) is 2.95. The van der Waals surface area contributed by atoms with Crippen molar-refractivity contribution >= 4 is 39.4 Å². The summed E-state index contributed by atoms with van der Waals surface area (Å²) in [5.41, 5.74) is 1.03. The predicted molar refractivity (Wildman–Crippen MR) is 95.4 cm³/mol. The molecule has 0 atom stereocenters. The van der Waals surface area contributed by atoms with Gasteiger partial charge in [0.15, 0.2) is 16.6 Å². The van der Waals surface area contributed by atoms with Crippen molar-refractivity contribution in [2.75, 3.05) is 36.5 Å². The summed E-state index contributed by atoms with van der Waals surface area (Å²) in [5, 5.41) is 5.04. The molecule has 0 radical (unpaired) electrons. The number of hydrogen-bond donors (Lipinski definition) is 2. The quantitative estimate of drug-likeness (QED) is 0.685. The summed E-state index contributed by atoms with van der Waals surface area (Å²) in [6.45, 7) is 2.71. The van der Waals surface area contributed by atoms with E-state index in [2.05, 4.69) is 34.6 Å². The van der Waals surface area contributed by atoms with Crippen LogP contribution < -0.4 is 19.7 Å². The number of benzene rings is 1. The first-order valence-electron chi connectivity index (χ1n) is 8.36. The number of ether oxygens (including phenoxy) is 3. The van der Waals surface area contributed by atoms with Crippen molar-refractivity contribution in [1.29, 1.82) is 0 Å². The molecular weight excluding hydrogens is 396 g/mol. The highest BCUT2D eigenvalue weighted by Gasteiger charge is 2.43. The van der Waals surface area contributed by atoms with Crippen LogP contribution in [0.25, 0.3) is 11.0 Å². The number of amides is 1. The Morgan fingerprint density at radius 1 is 1.21 bits per heavy atom. The van der Waals surface area contributed by atoms with Crippen molar-refractivity contribution in [3.05, 3.63) is 23.2 Å². The van der Waals surface area contributed by atoms with E-state index in [-0.39, 0.29) is 23.1 Å². The Morgan fingerprint density at radius 2 is 1.96 bits per heavy atom. The molecule has 2 aliphatic heterocycles. The number of aromatic amines is 1. The molecule has 3 aromatic rings. The van der Waals surface area contributed by atoms with Crippen LogP contribution in [0.4, 0.5) is 19.9 Å². The highest BCUT2D eigenvalue weighted by atomic mass is 32.1. The third-order valence-electron chi connectivity index (χ3n) is 4.24. The lowest BCUT2D eigenvalue weighted by molar-refractivity contribution is -0.286. The smallest absolute Gasteiger partial charge is 0.395 e.